The molecule has 0 aliphatic heterocycles. The van der Waals surface area contributed by atoms with Crippen LogP contribution in [0.15, 0.2) is 24.3 Å². The first kappa shape index (κ1) is 16.8. The summed E-state index contributed by atoms with van der Waals surface area (Å²) in [5.41, 5.74) is 0. The van der Waals surface area contributed by atoms with Gasteiger partial charge in [0.2, 0.25) is 0 Å². The Labute approximate surface area is 123 Å². The molecule has 0 spiro atoms. The van der Waals surface area contributed by atoms with Crippen molar-refractivity contribution in [2.75, 3.05) is 13.2 Å². The maximum Gasteiger partial charge on any atom is 0.120 e. The standard InChI is InChI=1S/C17H29NO2/c1-6-11-19-15-7-9-16(10-8-15)20-17(13(2)3)12-18-14(4)5/h7-10,13-14,17-18H,6,11-12H2,1-5H3. The minimum Gasteiger partial charge on any atom is -0.494 e. The molecule has 0 radical (unpaired) electrons. The summed E-state index contributed by atoms with van der Waals surface area (Å²) in [6.07, 6.45) is 1.20. The van der Waals surface area contributed by atoms with Gasteiger partial charge >= 0.3 is 0 Å². The Balaban J connectivity index is 2.55. The molecule has 3 heteroatoms. The van der Waals surface area contributed by atoms with E-state index in [-0.39, 0.29) is 6.10 Å². The van der Waals surface area contributed by atoms with Crippen molar-refractivity contribution in [1.82, 2.24) is 5.32 Å². The molecule has 0 aromatic heterocycles. The molecule has 114 valence electrons. The predicted octanol–water partition coefficient (Wildman–Crippen LogP) is 3.88. The van der Waals surface area contributed by atoms with E-state index >= 15 is 0 Å². The third-order valence-electron chi connectivity index (χ3n) is 3.05. The number of ether oxygens (including phenoxy) is 2. The summed E-state index contributed by atoms with van der Waals surface area (Å²) in [6, 6.07) is 8.38. The van der Waals surface area contributed by atoms with E-state index in [0.29, 0.717) is 12.0 Å². The van der Waals surface area contributed by atoms with E-state index in [4.69, 9.17) is 9.47 Å². The van der Waals surface area contributed by atoms with Gasteiger partial charge in [0.15, 0.2) is 0 Å². The topological polar surface area (TPSA) is 30.5 Å². The molecule has 1 N–H and O–H groups in total. The second-order valence-electron chi connectivity index (χ2n) is 5.78. The molecule has 0 saturated heterocycles. The molecule has 3 nitrogen and oxygen atoms in total. The molecular weight excluding hydrogens is 250 g/mol. The largest absolute Gasteiger partial charge is 0.494 e. The number of hydrogen-bond acceptors (Lipinski definition) is 3. The first-order chi connectivity index (χ1) is 9.52. The van der Waals surface area contributed by atoms with Gasteiger partial charge in [0.25, 0.3) is 0 Å². The smallest absolute Gasteiger partial charge is 0.120 e. The van der Waals surface area contributed by atoms with Crippen LogP contribution in [0, 0.1) is 5.92 Å². The molecule has 1 atom stereocenters. The fourth-order valence-electron chi connectivity index (χ4n) is 1.77. The lowest BCUT2D eigenvalue weighted by Gasteiger charge is -2.24. The second kappa shape index (κ2) is 8.85. The van der Waals surface area contributed by atoms with Crippen molar-refractivity contribution in [1.29, 1.82) is 0 Å². The zero-order chi connectivity index (χ0) is 15.0. The molecule has 0 aliphatic carbocycles. The molecule has 0 aliphatic rings. The van der Waals surface area contributed by atoms with Crippen LogP contribution in [0.25, 0.3) is 0 Å². The Morgan fingerprint density at radius 2 is 1.60 bits per heavy atom. The summed E-state index contributed by atoms with van der Waals surface area (Å²) in [6.45, 7) is 12.4. The number of hydrogen-bond donors (Lipinski definition) is 1. The van der Waals surface area contributed by atoms with Crippen LogP contribution >= 0.6 is 0 Å². The van der Waals surface area contributed by atoms with Gasteiger partial charge in [-0.3, -0.25) is 0 Å². The van der Waals surface area contributed by atoms with E-state index in [2.05, 4.69) is 39.9 Å². The minimum atomic E-state index is 0.180. The lowest BCUT2D eigenvalue weighted by atomic mass is 10.1. The molecule has 0 saturated carbocycles. The van der Waals surface area contributed by atoms with Crippen LogP contribution in [0.4, 0.5) is 0 Å². The summed E-state index contributed by atoms with van der Waals surface area (Å²) < 4.78 is 11.6. The van der Waals surface area contributed by atoms with Crippen LogP contribution in [0.5, 0.6) is 11.5 Å². The predicted molar refractivity (Wildman–Crippen MR) is 84.6 cm³/mol. The molecule has 0 fully saturated rings. The van der Waals surface area contributed by atoms with Crippen molar-refractivity contribution in [3.63, 3.8) is 0 Å². The molecule has 0 heterocycles. The van der Waals surface area contributed by atoms with E-state index in [1.54, 1.807) is 0 Å². The number of nitrogens with one attached hydrogen (secondary N) is 1. The molecule has 20 heavy (non-hydrogen) atoms. The Kier molecular flexibility index (Phi) is 7.45. The highest BCUT2D eigenvalue weighted by molar-refractivity contribution is 5.31. The highest BCUT2D eigenvalue weighted by Crippen LogP contribution is 2.20. The lowest BCUT2D eigenvalue weighted by molar-refractivity contribution is 0.146. The van der Waals surface area contributed by atoms with Crippen LogP contribution in [0.2, 0.25) is 0 Å². The van der Waals surface area contributed by atoms with Crippen molar-refractivity contribution in [2.45, 2.75) is 53.2 Å². The van der Waals surface area contributed by atoms with Gasteiger partial charge in [-0.25, -0.2) is 0 Å². The average Bonchev–Trinajstić information content (AvgIpc) is 2.42. The molecule has 0 amide bonds. The van der Waals surface area contributed by atoms with E-state index < -0.39 is 0 Å². The van der Waals surface area contributed by atoms with Gasteiger partial charge in [-0.2, -0.15) is 0 Å². The Morgan fingerprint density at radius 1 is 1.00 bits per heavy atom. The monoisotopic (exact) mass is 279 g/mol. The molecule has 0 bridgehead atoms. The van der Waals surface area contributed by atoms with E-state index in [9.17, 15) is 0 Å². The third-order valence-corrected chi connectivity index (χ3v) is 3.05. The first-order valence-corrected chi connectivity index (χ1v) is 7.65. The zero-order valence-corrected chi connectivity index (χ0v) is 13.5. The van der Waals surface area contributed by atoms with Crippen LogP contribution < -0.4 is 14.8 Å². The van der Waals surface area contributed by atoms with Crippen molar-refractivity contribution in [2.24, 2.45) is 5.92 Å². The van der Waals surface area contributed by atoms with Crippen molar-refractivity contribution >= 4 is 0 Å². The first-order valence-electron chi connectivity index (χ1n) is 7.65. The molecule has 1 aromatic carbocycles. The fourth-order valence-corrected chi connectivity index (χ4v) is 1.77. The van der Waals surface area contributed by atoms with Gasteiger partial charge in [-0.05, 0) is 36.6 Å². The minimum absolute atomic E-state index is 0.180. The molecule has 1 rings (SSSR count). The van der Waals surface area contributed by atoms with Crippen molar-refractivity contribution < 1.29 is 9.47 Å². The van der Waals surface area contributed by atoms with Crippen LogP contribution in [-0.2, 0) is 0 Å². The van der Waals surface area contributed by atoms with Crippen LogP contribution in [0.3, 0.4) is 0 Å². The second-order valence-corrected chi connectivity index (χ2v) is 5.78. The summed E-state index contributed by atoms with van der Waals surface area (Å²) in [5.74, 6) is 2.27. The van der Waals surface area contributed by atoms with Gasteiger partial charge in [0.05, 0.1) is 6.61 Å². The Bertz CT molecular complexity index is 360. The van der Waals surface area contributed by atoms with Crippen molar-refractivity contribution in [3.8, 4) is 11.5 Å². The number of benzene rings is 1. The van der Waals surface area contributed by atoms with Gasteiger partial charge in [-0.15, -0.1) is 0 Å². The van der Waals surface area contributed by atoms with Gasteiger partial charge < -0.3 is 14.8 Å². The summed E-state index contributed by atoms with van der Waals surface area (Å²) in [7, 11) is 0. The van der Waals surface area contributed by atoms with Gasteiger partial charge in [0.1, 0.15) is 17.6 Å². The molecule has 1 unspecified atom stereocenters. The quantitative estimate of drug-likeness (QED) is 0.744. The lowest BCUT2D eigenvalue weighted by Crippen LogP contribution is -2.38. The van der Waals surface area contributed by atoms with Gasteiger partial charge in [0, 0.05) is 12.6 Å². The third kappa shape index (κ3) is 6.29. The maximum atomic E-state index is 6.07. The fraction of sp³-hybridized carbons (Fsp3) is 0.647. The number of rotatable bonds is 9. The van der Waals surface area contributed by atoms with Crippen LogP contribution in [-0.4, -0.2) is 25.3 Å². The highest BCUT2D eigenvalue weighted by Gasteiger charge is 2.15. The average molecular weight is 279 g/mol. The van der Waals surface area contributed by atoms with E-state index in [1.165, 1.54) is 0 Å². The summed E-state index contributed by atoms with van der Waals surface area (Å²) in [4.78, 5) is 0. The zero-order valence-electron chi connectivity index (χ0n) is 13.5. The Hall–Kier alpha value is -1.22. The van der Waals surface area contributed by atoms with Gasteiger partial charge in [-0.1, -0.05) is 34.6 Å². The highest BCUT2D eigenvalue weighted by atomic mass is 16.5. The normalized spacial score (nSPS) is 12.8. The van der Waals surface area contributed by atoms with Crippen LogP contribution in [0.1, 0.15) is 41.0 Å². The molecular formula is C17H29NO2. The SMILES string of the molecule is CCCOc1ccc(OC(CNC(C)C)C(C)C)cc1. The van der Waals surface area contributed by atoms with Crippen molar-refractivity contribution in [3.05, 3.63) is 24.3 Å². The molecule has 1 aromatic rings. The van der Waals surface area contributed by atoms with E-state index in [0.717, 1.165) is 31.1 Å². The maximum absolute atomic E-state index is 6.07. The van der Waals surface area contributed by atoms with E-state index in [1.807, 2.05) is 24.3 Å². The summed E-state index contributed by atoms with van der Waals surface area (Å²) >= 11 is 0. The summed E-state index contributed by atoms with van der Waals surface area (Å²) in [5, 5.41) is 3.44. The Morgan fingerprint density at radius 3 is 2.10 bits per heavy atom.